The zero-order valence-corrected chi connectivity index (χ0v) is 13.8. The lowest BCUT2D eigenvalue weighted by Crippen LogP contribution is -2.48. The summed E-state index contributed by atoms with van der Waals surface area (Å²) < 4.78 is 0. The van der Waals surface area contributed by atoms with E-state index in [1.54, 1.807) is 18.1 Å². The number of likely N-dealkylation sites (tertiary alicyclic amines) is 1. The quantitative estimate of drug-likeness (QED) is 0.905. The van der Waals surface area contributed by atoms with Gasteiger partial charge in [-0.05, 0) is 30.5 Å². The van der Waals surface area contributed by atoms with Crippen molar-refractivity contribution in [2.24, 2.45) is 5.92 Å². The van der Waals surface area contributed by atoms with Gasteiger partial charge in [0.2, 0.25) is 5.91 Å². The van der Waals surface area contributed by atoms with E-state index in [1.165, 1.54) is 0 Å². The molecule has 1 atom stereocenters. The summed E-state index contributed by atoms with van der Waals surface area (Å²) >= 11 is 0. The molecule has 2 aromatic rings. The number of fused-ring (bicyclic) bond motifs is 1. The molecule has 0 unspecified atom stereocenters. The van der Waals surface area contributed by atoms with Crippen molar-refractivity contribution in [1.29, 1.82) is 0 Å². The minimum atomic E-state index is -0.121. The van der Waals surface area contributed by atoms with E-state index in [9.17, 15) is 9.59 Å². The van der Waals surface area contributed by atoms with Crippen molar-refractivity contribution in [2.45, 2.75) is 19.4 Å². The summed E-state index contributed by atoms with van der Waals surface area (Å²) in [5, 5.41) is 6.68. The normalized spacial score (nSPS) is 17.5. The van der Waals surface area contributed by atoms with Crippen LogP contribution in [0, 0.1) is 5.92 Å². The van der Waals surface area contributed by atoms with E-state index in [0.29, 0.717) is 19.6 Å². The minimum Gasteiger partial charge on any atom is -0.359 e. The van der Waals surface area contributed by atoms with Crippen molar-refractivity contribution >= 4 is 22.8 Å². The predicted molar refractivity (Wildman–Crippen MR) is 92.3 cm³/mol. The van der Waals surface area contributed by atoms with Crippen molar-refractivity contribution in [3.63, 3.8) is 0 Å². The van der Waals surface area contributed by atoms with Crippen LogP contribution in [-0.4, -0.2) is 42.0 Å². The molecule has 2 N–H and O–H groups in total. The average Bonchev–Trinajstić information content (AvgIpc) is 2.65. The summed E-state index contributed by atoms with van der Waals surface area (Å²) in [6.45, 7) is 1.61. The molecule has 1 aromatic carbocycles. The molecule has 0 spiro atoms. The van der Waals surface area contributed by atoms with E-state index < -0.39 is 0 Å². The number of carbonyl (C=O) groups excluding carboxylic acids is 2. The molecule has 1 fully saturated rings. The summed E-state index contributed by atoms with van der Waals surface area (Å²) in [5.74, 6) is -0.108. The van der Waals surface area contributed by atoms with E-state index in [-0.39, 0.29) is 17.9 Å². The van der Waals surface area contributed by atoms with Crippen LogP contribution >= 0.6 is 0 Å². The maximum Gasteiger partial charge on any atom is 0.317 e. The minimum absolute atomic E-state index is 0.00706. The third-order valence-corrected chi connectivity index (χ3v) is 4.50. The van der Waals surface area contributed by atoms with Gasteiger partial charge in [-0.15, -0.1) is 0 Å². The summed E-state index contributed by atoms with van der Waals surface area (Å²) in [5.41, 5.74) is 1.95. The Morgan fingerprint density at radius 2 is 2.12 bits per heavy atom. The van der Waals surface area contributed by atoms with E-state index in [2.05, 4.69) is 15.6 Å². The smallest absolute Gasteiger partial charge is 0.317 e. The zero-order chi connectivity index (χ0) is 16.9. The first-order valence-corrected chi connectivity index (χ1v) is 8.26. The molecule has 1 aliphatic rings. The Labute approximate surface area is 141 Å². The summed E-state index contributed by atoms with van der Waals surface area (Å²) in [4.78, 5) is 30.3. The molecule has 0 saturated carbocycles. The molecule has 1 aromatic heterocycles. The highest BCUT2D eigenvalue weighted by Crippen LogP contribution is 2.18. The second kappa shape index (κ2) is 7.29. The number of rotatable bonds is 3. The number of para-hydroxylation sites is 1. The van der Waals surface area contributed by atoms with Gasteiger partial charge in [0.05, 0.1) is 11.4 Å². The summed E-state index contributed by atoms with van der Waals surface area (Å²) in [6.07, 6.45) is 3.44. The van der Waals surface area contributed by atoms with Gasteiger partial charge < -0.3 is 15.5 Å². The van der Waals surface area contributed by atoms with Gasteiger partial charge in [0.15, 0.2) is 0 Å². The number of aromatic nitrogens is 1. The van der Waals surface area contributed by atoms with Crippen molar-refractivity contribution in [3.05, 3.63) is 42.1 Å². The molecular weight excluding hydrogens is 304 g/mol. The van der Waals surface area contributed by atoms with Crippen LogP contribution in [-0.2, 0) is 11.3 Å². The molecule has 6 nitrogen and oxygen atoms in total. The molecule has 0 aliphatic carbocycles. The second-order valence-corrected chi connectivity index (χ2v) is 6.05. The second-order valence-electron chi connectivity index (χ2n) is 6.05. The lowest BCUT2D eigenvalue weighted by atomic mass is 9.97. The van der Waals surface area contributed by atoms with Gasteiger partial charge in [0.25, 0.3) is 0 Å². The Hall–Kier alpha value is -2.63. The van der Waals surface area contributed by atoms with E-state index in [0.717, 1.165) is 29.3 Å². The van der Waals surface area contributed by atoms with Gasteiger partial charge >= 0.3 is 6.03 Å². The number of piperidine rings is 1. The Kier molecular flexibility index (Phi) is 4.93. The standard InChI is InChI=1S/C18H22N4O2/c1-19-17(23)14-5-4-10-22(12-14)18(24)21-11-13-8-9-20-16-7-3-2-6-15(13)16/h2-3,6-9,14H,4-5,10-12H2,1H3,(H,19,23)(H,21,24)/t14-/m1/s1. The Morgan fingerprint density at radius 3 is 2.96 bits per heavy atom. The monoisotopic (exact) mass is 326 g/mol. The molecule has 2 heterocycles. The number of nitrogens with one attached hydrogen (secondary N) is 2. The van der Waals surface area contributed by atoms with Crippen LogP contribution in [0.5, 0.6) is 0 Å². The average molecular weight is 326 g/mol. The summed E-state index contributed by atoms with van der Waals surface area (Å²) in [6, 6.07) is 9.68. The molecule has 3 amide bonds. The van der Waals surface area contributed by atoms with Crippen LogP contribution < -0.4 is 10.6 Å². The van der Waals surface area contributed by atoms with Gasteiger partial charge in [-0.2, -0.15) is 0 Å². The number of urea groups is 1. The van der Waals surface area contributed by atoms with Crippen molar-refractivity contribution in [2.75, 3.05) is 20.1 Å². The van der Waals surface area contributed by atoms with Gasteiger partial charge in [0, 0.05) is 38.3 Å². The van der Waals surface area contributed by atoms with E-state index in [1.807, 2.05) is 30.3 Å². The number of hydrogen-bond donors (Lipinski definition) is 2. The van der Waals surface area contributed by atoms with Gasteiger partial charge in [-0.3, -0.25) is 9.78 Å². The molecule has 126 valence electrons. The number of nitrogens with zero attached hydrogens (tertiary/aromatic N) is 2. The molecular formula is C18H22N4O2. The number of amides is 3. The first-order chi connectivity index (χ1) is 11.7. The molecule has 1 aliphatic heterocycles. The third kappa shape index (κ3) is 3.48. The maximum absolute atomic E-state index is 12.4. The Bertz CT molecular complexity index is 741. The highest BCUT2D eigenvalue weighted by atomic mass is 16.2. The van der Waals surface area contributed by atoms with Gasteiger partial charge in [-0.25, -0.2) is 4.79 Å². The van der Waals surface area contributed by atoms with E-state index >= 15 is 0 Å². The number of pyridine rings is 1. The molecule has 1 saturated heterocycles. The fourth-order valence-electron chi connectivity index (χ4n) is 3.17. The highest BCUT2D eigenvalue weighted by molar-refractivity contribution is 5.83. The van der Waals surface area contributed by atoms with Crippen LogP contribution in [0.4, 0.5) is 4.79 Å². The highest BCUT2D eigenvalue weighted by Gasteiger charge is 2.27. The molecule has 6 heteroatoms. The Morgan fingerprint density at radius 1 is 1.29 bits per heavy atom. The lowest BCUT2D eigenvalue weighted by Gasteiger charge is -2.31. The number of benzene rings is 1. The predicted octanol–water partition coefficient (Wildman–Crippen LogP) is 1.90. The first kappa shape index (κ1) is 16.2. The molecule has 24 heavy (non-hydrogen) atoms. The van der Waals surface area contributed by atoms with Crippen LogP contribution in [0.1, 0.15) is 18.4 Å². The Balaban J connectivity index is 1.63. The number of carbonyl (C=O) groups is 2. The van der Waals surface area contributed by atoms with Crippen LogP contribution in [0.15, 0.2) is 36.5 Å². The lowest BCUT2D eigenvalue weighted by molar-refractivity contribution is -0.125. The SMILES string of the molecule is CNC(=O)[C@@H]1CCCN(C(=O)NCc2ccnc3ccccc23)C1. The van der Waals surface area contributed by atoms with Crippen LogP contribution in [0.2, 0.25) is 0 Å². The topological polar surface area (TPSA) is 74.3 Å². The largest absolute Gasteiger partial charge is 0.359 e. The zero-order valence-electron chi connectivity index (χ0n) is 13.8. The van der Waals surface area contributed by atoms with E-state index in [4.69, 9.17) is 0 Å². The third-order valence-electron chi connectivity index (χ3n) is 4.50. The molecule has 0 bridgehead atoms. The fraction of sp³-hybridized carbons (Fsp3) is 0.389. The molecule has 0 radical (unpaired) electrons. The number of hydrogen-bond acceptors (Lipinski definition) is 3. The molecule has 3 rings (SSSR count). The van der Waals surface area contributed by atoms with Crippen molar-refractivity contribution in [1.82, 2.24) is 20.5 Å². The van der Waals surface area contributed by atoms with Gasteiger partial charge in [0.1, 0.15) is 0 Å². The van der Waals surface area contributed by atoms with Crippen LogP contribution in [0.25, 0.3) is 10.9 Å². The van der Waals surface area contributed by atoms with Crippen molar-refractivity contribution in [3.8, 4) is 0 Å². The maximum atomic E-state index is 12.4. The van der Waals surface area contributed by atoms with Crippen LogP contribution in [0.3, 0.4) is 0 Å². The first-order valence-electron chi connectivity index (χ1n) is 8.26. The van der Waals surface area contributed by atoms with Crippen molar-refractivity contribution < 1.29 is 9.59 Å². The summed E-state index contributed by atoms with van der Waals surface area (Å²) in [7, 11) is 1.63. The fourth-order valence-corrected chi connectivity index (χ4v) is 3.17. The van der Waals surface area contributed by atoms with Gasteiger partial charge in [-0.1, -0.05) is 18.2 Å².